The van der Waals surface area contributed by atoms with Gasteiger partial charge in [0.1, 0.15) is 13.8 Å². The predicted molar refractivity (Wildman–Crippen MR) is 96.4 cm³/mol. The van der Waals surface area contributed by atoms with Gasteiger partial charge in [0.05, 0.1) is 7.11 Å². The van der Waals surface area contributed by atoms with E-state index >= 15 is 0 Å². The minimum atomic E-state index is -1.97. The average Bonchev–Trinajstić information content (AvgIpc) is 2.62. The first kappa shape index (κ1) is 14.6. The van der Waals surface area contributed by atoms with Crippen LogP contribution in [0.1, 0.15) is 0 Å². The van der Waals surface area contributed by atoms with Gasteiger partial charge in [0.25, 0.3) is 0 Å². The van der Waals surface area contributed by atoms with E-state index in [0.29, 0.717) is 0 Å². The zero-order valence-corrected chi connectivity index (χ0v) is 14.0. The van der Waals surface area contributed by atoms with Crippen molar-refractivity contribution in [3.63, 3.8) is 0 Å². The van der Waals surface area contributed by atoms with Crippen molar-refractivity contribution in [2.75, 3.05) is 7.11 Å². The van der Waals surface area contributed by atoms with Crippen molar-refractivity contribution < 1.29 is 4.74 Å². The van der Waals surface area contributed by atoms with Gasteiger partial charge < -0.3 is 4.74 Å². The molecule has 110 valence electrons. The molecule has 0 heterocycles. The summed E-state index contributed by atoms with van der Waals surface area (Å²) < 4.78 is 5.31. The molecule has 0 fully saturated rings. The lowest BCUT2D eigenvalue weighted by Crippen LogP contribution is -2.64. The van der Waals surface area contributed by atoms with Gasteiger partial charge in [0, 0.05) is 0 Å². The van der Waals surface area contributed by atoms with Crippen molar-refractivity contribution in [2.24, 2.45) is 0 Å². The Bertz CT molecular complexity index is 681. The van der Waals surface area contributed by atoms with Crippen LogP contribution in [0.4, 0.5) is 0 Å². The van der Waals surface area contributed by atoms with Crippen molar-refractivity contribution in [1.29, 1.82) is 0 Å². The van der Waals surface area contributed by atoms with E-state index in [2.05, 4.69) is 91.5 Å². The van der Waals surface area contributed by atoms with Gasteiger partial charge >= 0.3 is 0 Å². The predicted octanol–water partition coefficient (Wildman–Crippen LogP) is 2.80. The van der Waals surface area contributed by atoms with Crippen LogP contribution in [-0.4, -0.2) is 15.2 Å². The Morgan fingerprint density at radius 3 is 1.41 bits per heavy atom. The molecule has 22 heavy (non-hydrogen) atoms. The summed E-state index contributed by atoms with van der Waals surface area (Å²) >= 11 is 0. The molecule has 0 spiro atoms. The van der Waals surface area contributed by atoms with Crippen molar-refractivity contribution in [3.8, 4) is 5.75 Å². The molecule has 3 aromatic carbocycles. The Labute approximate surface area is 133 Å². The van der Waals surface area contributed by atoms with E-state index in [1.807, 2.05) is 0 Å². The van der Waals surface area contributed by atoms with Crippen LogP contribution < -0.4 is 20.3 Å². The summed E-state index contributed by atoms with van der Waals surface area (Å²) in [5.74, 6) is 0.904. The highest BCUT2D eigenvalue weighted by molar-refractivity contribution is 7.10. The van der Waals surface area contributed by atoms with Crippen LogP contribution in [0.25, 0.3) is 0 Å². The molecule has 3 aromatic rings. The fourth-order valence-corrected chi connectivity index (χ4v) is 6.52. The molecule has 2 heteroatoms. The summed E-state index contributed by atoms with van der Waals surface area (Å²) in [6.07, 6.45) is 0. The Morgan fingerprint density at radius 2 is 1.00 bits per heavy atom. The summed E-state index contributed by atoms with van der Waals surface area (Å²) in [5.41, 5.74) is 0. The molecule has 0 saturated carbocycles. The minimum absolute atomic E-state index is 0.904. The average molecular weight is 304 g/mol. The Kier molecular flexibility index (Phi) is 4.12. The van der Waals surface area contributed by atoms with Gasteiger partial charge in [-0.3, -0.25) is 0 Å². The van der Waals surface area contributed by atoms with Gasteiger partial charge in [0.15, 0.2) is 0 Å². The number of ether oxygens (including phenoxy) is 1. The van der Waals surface area contributed by atoms with Gasteiger partial charge in [-0.25, -0.2) is 0 Å². The van der Waals surface area contributed by atoms with Crippen LogP contribution in [0, 0.1) is 0 Å². The molecular formula is C20H20OSi. The van der Waals surface area contributed by atoms with Gasteiger partial charge in [-0.05, 0) is 27.7 Å². The van der Waals surface area contributed by atoms with Gasteiger partial charge in [-0.2, -0.15) is 0 Å². The lowest BCUT2D eigenvalue weighted by molar-refractivity contribution is 0.415. The van der Waals surface area contributed by atoms with Crippen LogP contribution in [0.2, 0.25) is 6.55 Å². The van der Waals surface area contributed by atoms with Crippen molar-refractivity contribution >= 4 is 23.6 Å². The van der Waals surface area contributed by atoms with Crippen LogP contribution in [0.5, 0.6) is 5.75 Å². The van der Waals surface area contributed by atoms with Gasteiger partial charge in [0.2, 0.25) is 0 Å². The SMILES string of the molecule is COc1ccc([Si](C)(c2ccccc2)c2ccccc2)cc1. The van der Waals surface area contributed by atoms with Crippen LogP contribution >= 0.6 is 0 Å². The van der Waals surface area contributed by atoms with E-state index in [1.54, 1.807) is 7.11 Å². The molecule has 0 saturated heterocycles. The summed E-state index contributed by atoms with van der Waals surface area (Å²) in [6, 6.07) is 30.3. The molecule has 3 rings (SSSR count). The molecular weight excluding hydrogens is 284 g/mol. The maximum absolute atomic E-state index is 5.31. The van der Waals surface area contributed by atoms with E-state index < -0.39 is 8.07 Å². The topological polar surface area (TPSA) is 9.23 Å². The lowest BCUT2D eigenvalue weighted by atomic mass is 10.3. The van der Waals surface area contributed by atoms with E-state index in [4.69, 9.17) is 4.74 Å². The fourth-order valence-electron chi connectivity index (χ4n) is 2.97. The molecule has 0 radical (unpaired) electrons. The van der Waals surface area contributed by atoms with Crippen molar-refractivity contribution in [1.82, 2.24) is 0 Å². The second-order valence-electron chi connectivity index (χ2n) is 5.59. The first-order valence-corrected chi connectivity index (χ1v) is 10.0. The Balaban J connectivity index is 2.18. The summed E-state index contributed by atoms with van der Waals surface area (Å²) in [5, 5.41) is 4.24. The molecule has 0 N–H and O–H groups in total. The standard InChI is InChI=1S/C20H20OSi/c1-21-17-13-15-20(16-14-17)22(2,18-9-5-3-6-10-18)19-11-7-4-8-12-19/h3-16H,1-2H3. The summed E-state index contributed by atoms with van der Waals surface area (Å²) in [4.78, 5) is 0. The third-order valence-corrected chi connectivity index (χ3v) is 8.83. The summed E-state index contributed by atoms with van der Waals surface area (Å²) in [7, 11) is -0.261. The lowest BCUT2D eigenvalue weighted by Gasteiger charge is -2.29. The van der Waals surface area contributed by atoms with Crippen molar-refractivity contribution in [2.45, 2.75) is 6.55 Å². The Morgan fingerprint density at radius 1 is 0.591 bits per heavy atom. The van der Waals surface area contributed by atoms with E-state index in [0.717, 1.165) is 5.75 Å². The normalized spacial score (nSPS) is 11.2. The smallest absolute Gasteiger partial charge is 0.145 e. The maximum atomic E-state index is 5.31. The molecule has 0 bridgehead atoms. The molecule has 0 aliphatic carbocycles. The largest absolute Gasteiger partial charge is 0.497 e. The van der Waals surface area contributed by atoms with Crippen LogP contribution in [0.3, 0.4) is 0 Å². The Hall–Kier alpha value is -2.32. The van der Waals surface area contributed by atoms with Gasteiger partial charge in [-0.1, -0.05) is 79.3 Å². The maximum Gasteiger partial charge on any atom is 0.145 e. The second kappa shape index (κ2) is 6.20. The fraction of sp³-hybridized carbons (Fsp3) is 0.100. The highest BCUT2D eigenvalue weighted by Crippen LogP contribution is 2.11. The number of hydrogen-bond acceptors (Lipinski definition) is 1. The highest BCUT2D eigenvalue weighted by atomic mass is 28.3. The number of rotatable bonds is 4. The number of hydrogen-bond donors (Lipinski definition) is 0. The zero-order chi connectivity index (χ0) is 15.4. The monoisotopic (exact) mass is 304 g/mol. The molecule has 0 atom stereocenters. The molecule has 0 aromatic heterocycles. The summed E-state index contributed by atoms with van der Waals surface area (Å²) in [6.45, 7) is 2.42. The van der Waals surface area contributed by atoms with Crippen molar-refractivity contribution in [3.05, 3.63) is 84.9 Å². The number of benzene rings is 3. The van der Waals surface area contributed by atoms with Crippen LogP contribution in [-0.2, 0) is 0 Å². The first-order chi connectivity index (χ1) is 10.7. The van der Waals surface area contributed by atoms with E-state index in [1.165, 1.54) is 15.6 Å². The van der Waals surface area contributed by atoms with E-state index in [9.17, 15) is 0 Å². The second-order valence-corrected chi connectivity index (χ2v) is 9.57. The third-order valence-electron chi connectivity index (χ3n) is 4.37. The highest BCUT2D eigenvalue weighted by Gasteiger charge is 2.33. The molecule has 0 aliphatic rings. The molecule has 0 aliphatic heterocycles. The van der Waals surface area contributed by atoms with Crippen LogP contribution in [0.15, 0.2) is 84.9 Å². The third kappa shape index (κ3) is 2.58. The molecule has 0 amide bonds. The number of methoxy groups -OCH3 is 1. The zero-order valence-electron chi connectivity index (χ0n) is 13.0. The molecule has 0 unspecified atom stereocenters. The van der Waals surface area contributed by atoms with Gasteiger partial charge in [-0.15, -0.1) is 0 Å². The first-order valence-electron chi connectivity index (χ1n) is 7.51. The molecule has 1 nitrogen and oxygen atoms in total. The van der Waals surface area contributed by atoms with E-state index in [-0.39, 0.29) is 0 Å². The minimum Gasteiger partial charge on any atom is -0.497 e. The quantitative estimate of drug-likeness (QED) is 0.532.